The third-order valence-electron chi connectivity index (χ3n) is 3.89. The van der Waals surface area contributed by atoms with Crippen molar-refractivity contribution in [1.82, 2.24) is 20.1 Å². The van der Waals surface area contributed by atoms with Gasteiger partial charge in [0.2, 0.25) is 0 Å². The van der Waals surface area contributed by atoms with E-state index in [1.165, 1.54) is 0 Å². The molecule has 2 aromatic rings. The summed E-state index contributed by atoms with van der Waals surface area (Å²) in [6.45, 7) is 4.73. The molecular formula is C17H20N4OS. The number of rotatable bonds is 4. The number of carbonyl (C=O) groups excluding carboxylic acids is 1. The maximum absolute atomic E-state index is 11.8. The van der Waals surface area contributed by atoms with Crippen molar-refractivity contribution in [3.05, 3.63) is 52.7 Å². The van der Waals surface area contributed by atoms with Gasteiger partial charge in [-0.2, -0.15) is 5.10 Å². The summed E-state index contributed by atoms with van der Waals surface area (Å²) in [4.78, 5) is 11.8. The number of allylic oxidation sites excluding steroid dienone is 2. The number of hydrogen-bond donors (Lipinski definition) is 2. The summed E-state index contributed by atoms with van der Waals surface area (Å²) < 4.78 is 2.46. The Kier molecular flexibility index (Phi) is 4.17. The van der Waals surface area contributed by atoms with Crippen LogP contribution in [0.15, 0.2) is 42.1 Å². The minimum absolute atomic E-state index is 0.00167. The smallest absolute Gasteiger partial charge is 0.199 e. The molecule has 0 fully saturated rings. The van der Waals surface area contributed by atoms with Crippen LogP contribution in [0.2, 0.25) is 0 Å². The zero-order chi connectivity index (χ0) is 16.4. The van der Waals surface area contributed by atoms with E-state index in [4.69, 9.17) is 12.2 Å². The van der Waals surface area contributed by atoms with Crippen LogP contribution in [0, 0.1) is 10.2 Å². The normalized spacial score (nSPS) is 17.0. The number of para-hydroxylation sites is 1. The lowest BCUT2D eigenvalue weighted by Gasteiger charge is -2.29. The van der Waals surface area contributed by atoms with Gasteiger partial charge in [-0.3, -0.25) is 14.5 Å². The summed E-state index contributed by atoms with van der Waals surface area (Å²) in [6.07, 6.45) is 3.16. The van der Waals surface area contributed by atoms with E-state index in [2.05, 4.69) is 29.4 Å². The van der Waals surface area contributed by atoms with E-state index >= 15 is 0 Å². The standard InChI is InChI=1S/C17H20N4OS/c1-17(2)9-12(8-14(22)10-17)18-11-15-19-20-16(23)21(15)13-6-4-3-5-7-13/h3-8,18H,9-11H2,1-2H3,(H,20,23). The molecule has 1 aliphatic rings. The zero-order valence-electron chi connectivity index (χ0n) is 13.3. The van der Waals surface area contributed by atoms with Gasteiger partial charge in [-0.15, -0.1) is 0 Å². The molecule has 3 rings (SSSR count). The lowest BCUT2D eigenvalue weighted by molar-refractivity contribution is -0.117. The molecule has 0 bridgehead atoms. The Morgan fingerprint density at radius 2 is 2.04 bits per heavy atom. The van der Waals surface area contributed by atoms with Crippen LogP contribution in [0.3, 0.4) is 0 Å². The molecule has 1 aliphatic carbocycles. The van der Waals surface area contributed by atoms with Crippen LogP contribution in [-0.2, 0) is 11.3 Å². The molecule has 0 saturated heterocycles. The Morgan fingerprint density at radius 3 is 2.74 bits per heavy atom. The summed E-state index contributed by atoms with van der Waals surface area (Å²) in [5.41, 5.74) is 1.93. The van der Waals surface area contributed by atoms with Crippen LogP contribution in [0.4, 0.5) is 0 Å². The van der Waals surface area contributed by atoms with Gasteiger partial charge >= 0.3 is 0 Å². The highest BCUT2D eigenvalue weighted by Gasteiger charge is 2.27. The van der Waals surface area contributed by atoms with E-state index in [1.807, 2.05) is 34.9 Å². The summed E-state index contributed by atoms with van der Waals surface area (Å²) >= 11 is 5.33. The maximum atomic E-state index is 11.8. The Morgan fingerprint density at radius 1 is 1.30 bits per heavy atom. The highest BCUT2D eigenvalue weighted by molar-refractivity contribution is 7.71. The van der Waals surface area contributed by atoms with Crippen LogP contribution in [0.1, 0.15) is 32.5 Å². The second kappa shape index (κ2) is 6.12. The van der Waals surface area contributed by atoms with Gasteiger partial charge in [-0.05, 0) is 36.2 Å². The number of ketones is 1. The predicted molar refractivity (Wildman–Crippen MR) is 91.7 cm³/mol. The van der Waals surface area contributed by atoms with Crippen LogP contribution in [0.25, 0.3) is 5.69 Å². The van der Waals surface area contributed by atoms with Crippen LogP contribution < -0.4 is 5.32 Å². The highest BCUT2D eigenvalue weighted by atomic mass is 32.1. The molecule has 1 aromatic carbocycles. The molecule has 2 N–H and O–H groups in total. The Hall–Kier alpha value is -2.21. The van der Waals surface area contributed by atoms with Gasteiger partial charge in [0.25, 0.3) is 0 Å². The van der Waals surface area contributed by atoms with Crippen molar-refractivity contribution in [1.29, 1.82) is 0 Å². The SMILES string of the molecule is CC1(C)CC(=O)C=C(NCc2n[nH]c(=S)n2-c2ccccc2)C1. The fraction of sp³-hybridized carbons (Fsp3) is 0.353. The molecular weight excluding hydrogens is 308 g/mol. The molecule has 0 radical (unpaired) electrons. The molecule has 1 heterocycles. The molecule has 0 unspecified atom stereocenters. The molecule has 5 nitrogen and oxygen atoms in total. The fourth-order valence-electron chi connectivity index (χ4n) is 2.94. The number of benzene rings is 1. The number of nitrogens with one attached hydrogen (secondary N) is 2. The minimum atomic E-state index is -0.00167. The highest BCUT2D eigenvalue weighted by Crippen LogP contribution is 2.32. The summed E-state index contributed by atoms with van der Waals surface area (Å²) in [7, 11) is 0. The van der Waals surface area contributed by atoms with Crippen molar-refractivity contribution in [3.63, 3.8) is 0 Å². The molecule has 6 heteroatoms. The van der Waals surface area contributed by atoms with Gasteiger partial charge < -0.3 is 5.32 Å². The van der Waals surface area contributed by atoms with Crippen molar-refractivity contribution in [2.75, 3.05) is 0 Å². The van der Waals surface area contributed by atoms with E-state index in [0.717, 1.165) is 23.6 Å². The summed E-state index contributed by atoms with van der Waals surface area (Å²) in [5.74, 6) is 0.962. The fourth-order valence-corrected chi connectivity index (χ4v) is 3.20. The molecule has 0 saturated carbocycles. The Labute approximate surface area is 140 Å². The van der Waals surface area contributed by atoms with Crippen molar-refractivity contribution in [3.8, 4) is 5.69 Å². The van der Waals surface area contributed by atoms with Crippen molar-refractivity contribution in [2.45, 2.75) is 33.2 Å². The first-order valence-electron chi connectivity index (χ1n) is 7.64. The number of aromatic nitrogens is 3. The van der Waals surface area contributed by atoms with E-state index in [-0.39, 0.29) is 11.2 Å². The molecule has 1 aromatic heterocycles. The van der Waals surface area contributed by atoms with Crippen LogP contribution in [-0.4, -0.2) is 20.5 Å². The Bertz CT molecular complexity index is 802. The monoisotopic (exact) mass is 328 g/mol. The minimum Gasteiger partial charge on any atom is -0.381 e. The van der Waals surface area contributed by atoms with E-state index < -0.39 is 0 Å². The molecule has 0 atom stereocenters. The lowest BCUT2D eigenvalue weighted by Crippen LogP contribution is -2.28. The topological polar surface area (TPSA) is 62.7 Å². The zero-order valence-corrected chi connectivity index (χ0v) is 14.1. The number of aromatic amines is 1. The van der Waals surface area contributed by atoms with E-state index in [1.54, 1.807) is 6.08 Å². The molecule has 0 amide bonds. The van der Waals surface area contributed by atoms with Gasteiger partial charge in [0, 0.05) is 23.9 Å². The molecule has 0 aliphatic heterocycles. The van der Waals surface area contributed by atoms with Crippen molar-refractivity contribution < 1.29 is 4.79 Å². The summed E-state index contributed by atoms with van der Waals surface area (Å²) in [6, 6.07) is 9.87. The number of carbonyl (C=O) groups is 1. The molecule has 0 spiro atoms. The molecule has 23 heavy (non-hydrogen) atoms. The third-order valence-corrected chi connectivity index (χ3v) is 4.16. The van der Waals surface area contributed by atoms with Crippen LogP contribution in [0.5, 0.6) is 0 Å². The quantitative estimate of drug-likeness (QED) is 0.846. The van der Waals surface area contributed by atoms with E-state index in [9.17, 15) is 4.79 Å². The first kappa shape index (κ1) is 15.7. The number of H-pyrrole nitrogens is 1. The van der Waals surface area contributed by atoms with Gasteiger partial charge in [0.15, 0.2) is 16.4 Å². The second-order valence-electron chi connectivity index (χ2n) is 6.62. The average molecular weight is 328 g/mol. The second-order valence-corrected chi connectivity index (χ2v) is 7.01. The van der Waals surface area contributed by atoms with E-state index in [0.29, 0.717) is 17.7 Å². The third kappa shape index (κ3) is 3.59. The van der Waals surface area contributed by atoms with Crippen molar-refractivity contribution in [2.24, 2.45) is 5.41 Å². The van der Waals surface area contributed by atoms with Crippen LogP contribution >= 0.6 is 12.2 Å². The predicted octanol–water partition coefficient (Wildman–Crippen LogP) is 3.29. The van der Waals surface area contributed by atoms with Gasteiger partial charge in [0.05, 0.1) is 6.54 Å². The average Bonchev–Trinajstić information content (AvgIpc) is 2.85. The van der Waals surface area contributed by atoms with Gasteiger partial charge in [-0.25, -0.2) is 0 Å². The van der Waals surface area contributed by atoms with Gasteiger partial charge in [0.1, 0.15) is 0 Å². The Balaban J connectivity index is 1.80. The number of nitrogens with zero attached hydrogens (tertiary/aromatic N) is 2. The first-order valence-corrected chi connectivity index (χ1v) is 8.04. The first-order chi connectivity index (χ1) is 10.9. The van der Waals surface area contributed by atoms with Gasteiger partial charge in [-0.1, -0.05) is 32.0 Å². The largest absolute Gasteiger partial charge is 0.381 e. The summed E-state index contributed by atoms with van der Waals surface area (Å²) in [5, 5.41) is 10.5. The maximum Gasteiger partial charge on any atom is 0.199 e. The lowest BCUT2D eigenvalue weighted by atomic mass is 9.79. The molecule has 120 valence electrons. The number of hydrogen-bond acceptors (Lipinski definition) is 4. The van der Waals surface area contributed by atoms with Crippen molar-refractivity contribution >= 4 is 18.0 Å².